The summed E-state index contributed by atoms with van der Waals surface area (Å²) in [5, 5.41) is 3.92. The van der Waals surface area contributed by atoms with Crippen molar-refractivity contribution >= 4 is 34.0 Å². The number of ketones is 1. The van der Waals surface area contributed by atoms with Crippen LogP contribution in [0.5, 0.6) is 5.88 Å². The summed E-state index contributed by atoms with van der Waals surface area (Å²) in [7, 11) is 1.59. The molecule has 0 spiro atoms. The molecule has 1 aromatic carbocycles. The monoisotopic (exact) mass is 465 g/mol. The number of Topliss-reactive ketones (excluding diaryl/α,β-unsaturated/α-hetero) is 1. The largest absolute Gasteiger partial charge is 0.478 e. The Morgan fingerprint density at radius 2 is 2.03 bits per heavy atom. The number of aromatic nitrogens is 3. The van der Waals surface area contributed by atoms with Crippen molar-refractivity contribution < 1.29 is 14.3 Å². The van der Waals surface area contributed by atoms with Gasteiger partial charge >= 0.3 is 0 Å². The minimum Gasteiger partial charge on any atom is -0.478 e. The molecule has 1 amide bonds. The fraction of sp³-hybridized carbons (Fsp3) is 0.292. The third-order valence-corrected chi connectivity index (χ3v) is 5.96. The summed E-state index contributed by atoms with van der Waals surface area (Å²) < 4.78 is 5.74. The molecule has 0 saturated heterocycles. The number of aryl methyl sites for hydroxylation is 1. The van der Waals surface area contributed by atoms with Crippen LogP contribution in [0.4, 0.5) is 10.9 Å². The molecule has 9 heteroatoms. The van der Waals surface area contributed by atoms with Crippen LogP contribution in [-0.2, 0) is 9.59 Å². The molecule has 0 unspecified atom stereocenters. The fourth-order valence-electron chi connectivity index (χ4n) is 3.04. The molecule has 0 radical (unpaired) electrons. The van der Waals surface area contributed by atoms with Crippen molar-refractivity contribution in [3.8, 4) is 16.3 Å². The predicted molar refractivity (Wildman–Crippen MR) is 130 cm³/mol. The highest BCUT2D eigenvalue weighted by atomic mass is 32.1. The van der Waals surface area contributed by atoms with Crippen LogP contribution >= 0.6 is 11.3 Å². The number of ether oxygens (including phenoxy) is 1. The highest BCUT2D eigenvalue weighted by molar-refractivity contribution is 7.18. The third-order valence-electron chi connectivity index (χ3n) is 5.00. The lowest BCUT2D eigenvalue weighted by Crippen LogP contribution is -2.39. The highest BCUT2D eigenvalue weighted by Gasteiger charge is 2.20. The molecular formula is C24H27N5O3S. The van der Waals surface area contributed by atoms with Crippen LogP contribution in [0.3, 0.4) is 0 Å². The Hall–Kier alpha value is -3.59. The molecule has 0 aliphatic carbocycles. The van der Waals surface area contributed by atoms with E-state index in [-0.39, 0.29) is 11.7 Å². The second-order valence-corrected chi connectivity index (χ2v) is 8.44. The van der Waals surface area contributed by atoms with Crippen LogP contribution in [0.25, 0.3) is 10.4 Å². The summed E-state index contributed by atoms with van der Waals surface area (Å²) in [4.78, 5) is 39.5. The van der Waals surface area contributed by atoms with E-state index in [2.05, 4.69) is 26.8 Å². The minimum atomic E-state index is -0.508. The third kappa shape index (κ3) is 6.69. The summed E-state index contributed by atoms with van der Waals surface area (Å²) in [6.07, 6.45) is 3.83. The van der Waals surface area contributed by atoms with Gasteiger partial charge < -0.3 is 15.0 Å². The molecular weight excluding hydrogens is 438 g/mol. The maximum Gasteiger partial charge on any atom is 0.246 e. The maximum atomic E-state index is 12.3. The van der Waals surface area contributed by atoms with Crippen LogP contribution in [-0.4, -0.2) is 51.2 Å². The van der Waals surface area contributed by atoms with Crippen molar-refractivity contribution in [2.45, 2.75) is 32.7 Å². The zero-order chi connectivity index (χ0) is 23.8. The van der Waals surface area contributed by atoms with Gasteiger partial charge in [0.05, 0.1) is 17.5 Å². The summed E-state index contributed by atoms with van der Waals surface area (Å²) in [5.74, 6) is 1.25. The van der Waals surface area contributed by atoms with Gasteiger partial charge in [0.1, 0.15) is 11.6 Å². The smallest absolute Gasteiger partial charge is 0.246 e. The predicted octanol–water partition coefficient (Wildman–Crippen LogP) is 4.41. The van der Waals surface area contributed by atoms with Gasteiger partial charge in [-0.15, -0.1) is 0 Å². The van der Waals surface area contributed by atoms with Gasteiger partial charge in [0, 0.05) is 25.7 Å². The van der Waals surface area contributed by atoms with Crippen molar-refractivity contribution in [1.82, 2.24) is 19.9 Å². The van der Waals surface area contributed by atoms with Crippen LogP contribution in [0.2, 0.25) is 0 Å². The van der Waals surface area contributed by atoms with Crippen molar-refractivity contribution in [1.29, 1.82) is 0 Å². The Morgan fingerprint density at radius 3 is 2.76 bits per heavy atom. The Bertz CT molecular complexity index is 1120. The number of rotatable bonds is 11. The number of likely N-dealkylation sites (N-methyl/N-ethyl adjacent to an activating group) is 1. The van der Waals surface area contributed by atoms with Gasteiger partial charge in [-0.25, -0.2) is 9.97 Å². The van der Waals surface area contributed by atoms with Crippen molar-refractivity contribution in [2.75, 3.05) is 19.0 Å². The summed E-state index contributed by atoms with van der Waals surface area (Å²) in [5.41, 5.74) is 1.11. The van der Waals surface area contributed by atoms with Gasteiger partial charge in [0.15, 0.2) is 10.9 Å². The van der Waals surface area contributed by atoms with E-state index in [4.69, 9.17) is 4.74 Å². The molecule has 1 N–H and O–H groups in total. The highest BCUT2D eigenvalue weighted by Crippen LogP contribution is 2.30. The molecule has 0 aliphatic heterocycles. The molecule has 172 valence electrons. The van der Waals surface area contributed by atoms with E-state index in [1.807, 2.05) is 36.5 Å². The van der Waals surface area contributed by atoms with Crippen molar-refractivity contribution in [3.05, 3.63) is 61.1 Å². The Labute approximate surface area is 197 Å². The number of carbonyl (C=O) groups is 2. The second-order valence-electron chi connectivity index (χ2n) is 7.41. The van der Waals surface area contributed by atoms with E-state index < -0.39 is 6.04 Å². The maximum absolute atomic E-state index is 12.3. The number of anilines is 2. The number of hydrogen-bond donors (Lipinski definition) is 1. The van der Waals surface area contributed by atoms with Gasteiger partial charge in [-0.2, -0.15) is 4.98 Å². The Kier molecular flexibility index (Phi) is 8.26. The van der Waals surface area contributed by atoms with E-state index in [1.165, 1.54) is 22.3 Å². The molecule has 0 bridgehead atoms. The van der Waals surface area contributed by atoms with Crippen molar-refractivity contribution in [2.24, 2.45) is 0 Å². The standard InChI is InChI=1S/C24H27N5O3S/c1-5-23(31)29(4)16(2)19(30)12-9-13-32-22-14-21(26-17(3)27-22)28-24-25-15-20(33-24)18-10-7-6-8-11-18/h5-8,10-11,14-16H,1,9,12-13H2,2-4H3,(H,25,26,27,28)/t16-/m0/s1. The first-order valence-electron chi connectivity index (χ1n) is 10.6. The van der Waals surface area contributed by atoms with Crippen molar-refractivity contribution in [3.63, 3.8) is 0 Å². The zero-order valence-corrected chi connectivity index (χ0v) is 19.8. The summed E-state index contributed by atoms with van der Waals surface area (Å²) in [6, 6.07) is 11.2. The molecule has 33 heavy (non-hydrogen) atoms. The second kappa shape index (κ2) is 11.3. The quantitative estimate of drug-likeness (QED) is 0.331. The normalized spacial score (nSPS) is 11.5. The molecule has 3 rings (SSSR count). The molecule has 2 heterocycles. The molecule has 0 aliphatic rings. The lowest BCUT2D eigenvalue weighted by Gasteiger charge is -2.22. The SMILES string of the molecule is C=CC(=O)N(C)[C@@H](C)C(=O)CCCOc1cc(Nc2ncc(-c3ccccc3)s2)nc(C)n1. The number of carbonyl (C=O) groups excluding carboxylic acids is 2. The van der Waals surface area contributed by atoms with Gasteiger partial charge in [0.2, 0.25) is 11.8 Å². The van der Waals surface area contributed by atoms with E-state index in [0.717, 1.165) is 15.6 Å². The average Bonchev–Trinajstić information content (AvgIpc) is 3.28. The fourth-order valence-corrected chi connectivity index (χ4v) is 3.87. The van der Waals surface area contributed by atoms with E-state index in [9.17, 15) is 9.59 Å². The van der Waals surface area contributed by atoms with E-state index in [0.29, 0.717) is 37.0 Å². The molecule has 0 fully saturated rings. The summed E-state index contributed by atoms with van der Waals surface area (Å²) >= 11 is 1.53. The van der Waals surface area contributed by atoms with Gasteiger partial charge in [-0.05, 0) is 31.9 Å². The number of nitrogens with one attached hydrogen (secondary N) is 1. The first kappa shape index (κ1) is 24.1. The molecule has 2 aromatic heterocycles. The Morgan fingerprint density at radius 1 is 1.27 bits per heavy atom. The summed E-state index contributed by atoms with van der Waals surface area (Å²) in [6.45, 7) is 7.26. The lowest BCUT2D eigenvalue weighted by molar-refractivity contribution is -0.134. The number of nitrogens with zero attached hydrogens (tertiary/aromatic N) is 4. The van der Waals surface area contributed by atoms with E-state index >= 15 is 0 Å². The van der Waals surface area contributed by atoms with Crippen LogP contribution in [0.15, 0.2) is 55.3 Å². The topological polar surface area (TPSA) is 97.3 Å². The molecule has 0 saturated carbocycles. The number of hydrogen-bond acceptors (Lipinski definition) is 8. The van der Waals surface area contributed by atoms with Gasteiger partial charge in [-0.3, -0.25) is 9.59 Å². The van der Waals surface area contributed by atoms with E-state index in [1.54, 1.807) is 27.0 Å². The van der Waals surface area contributed by atoms with Crippen LogP contribution in [0.1, 0.15) is 25.6 Å². The minimum absolute atomic E-state index is 0.0319. The Balaban J connectivity index is 1.53. The number of benzene rings is 1. The van der Waals surface area contributed by atoms with Crippen LogP contribution < -0.4 is 10.1 Å². The average molecular weight is 466 g/mol. The lowest BCUT2D eigenvalue weighted by atomic mass is 10.1. The molecule has 8 nitrogen and oxygen atoms in total. The zero-order valence-electron chi connectivity index (χ0n) is 18.9. The van der Waals surface area contributed by atoms with Gasteiger partial charge in [-0.1, -0.05) is 48.2 Å². The first-order valence-corrected chi connectivity index (χ1v) is 11.4. The molecule has 1 atom stereocenters. The number of thiazole rings is 1. The first-order chi connectivity index (χ1) is 15.9. The number of amides is 1. The molecule has 3 aromatic rings. The van der Waals surface area contributed by atoms with Gasteiger partial charge in [0.25, 0.3) is 0 Å². The van der Waals surface area contributed by atoms with Crippen LogP contribution in [0, 0.1) is 6.92 Å².